The first-order chi connectivity index (χ1) is 7.93. The Labute approximate surface area is 109 Å². The monoisotopic (exact) mass is 256 g/mol. The summed E-state index contributed by atoms with van der Waals surface area (Å²) in [5, 5.41) is 0.734. The lowest BCUT2D eigenvalue weighted by Gasteiger charge is -2.13. The van der Waals surface area contributed by atoms with Crippen LogP contribution in [0.3, 0.4) is 0 Å². The Morgan fingerprint density at radius 1 is 1.29 bits per heavy atom. The number of ketones is 1. The van der Waals surface area contributed by atoms with E-state index in [1.165, 1.54) is 0 Å². The maximum absolute atomic E-state index is 11.2. The van der Waals surface area contributed by atoms with Crippen LogP contribution >= 0.6 is 11.6 Å². The van der Waals surface area contributed by atoms with E-state index in [0.29, 0.717) is 25.2 Å². The molecule has 2 nitrogen and oxygen atoms in total. The molecule has 0 rings (SSSR count). The highest BCUT2D eigenvalue weighted by atomic mass is 35.5. The van der Waals surface area contributed by atoms with Gasteiger partial charge in [0.25, 0.3) is 0 Å². The van der Waals surface area contributed by atoms with Gasteiger partial charge in [-0.3, -0.25) is 4.79 Å². The molecule has 17 heavy (non-hydrogen) atoms. The van der Waals surface area contributed by atoms with Crippen LogP contribution in [0.1, 0.15) is 40.5 Å². The minimum atomic E-state index is 0.0837. The Morgan fingerprint density at radius 3 is 2.29 bits per heavy atom. The summed E-state index contributed by atoms with van der Waals surface area (Å²) >= 11 is 6.14. The van der Waals surface area contributed by atoms with Gasteiger partial charge in [0.15, 0.2) is 0 Å². The third-order valence-electron chi connectivity index (χ3n) is 2.44. The molecule has 0 heterocycles. The fourth-order valence-electron chi connectivity index (χ4n) is 1.38. The second-order valence-electron chi connectivity index (χ2n) is 3.88. The first kappa shape index (κ1) is 16.0. The summed E-state index contributed by atoms with van der Waals surface area (Å²) in [5.74, 6) is 0.792. The van der Waals surface area contributed by atoms with Crippen molar-refractivity contribution >= 4 is 17.4 Å². The normalized spacial score (nSPS) is 13.7. The van der Waals surface area contributed by atoms with Crippen molar-refractivity contribution in [1.82, 2.24) is 0 Å². The van der Waals surface area contributed by atoms with Crippen molar-refractivity contribution in [3.8, 4) is 0 Å². The average Bonchev–Trinajstić information content (AvgIpc) is 2.26. The molecular formula is C14H21ClO2. The summed E-state index contributed by atoms with van der Waals surface area (Å²) in [7, 11) is 0. The Kier molecular flexibility index (Phi) is 7.64. The summed E-state index contributed by atoms with van der Waals surface area (Å²) in [5.41, 5.74) is 1.89. The molecule has 0 aromatic heterocycles. The van der Waals surface area contributed by atoms with Gasteiger partial charge in [-0.25, -0.2) is 0 Å². The molecule has 0 saturated heterocycles. The number of halogens is 1. The molecule has 0 aliphatic rings. The van der Waals surface area contributed by atoms with Crippen LogP contribution in [0.5, 0.6) is 0 Å². The first-order valence-electron chi connectivity index (χ1n) is 5.72. The molecular weight excluding hydrogens is 236 g/mol. The minimum absolute atomic E-state index is 0.0837. The lowest BCUT2D eigenvalue weighted by atomic mass is 10.0. The Hall–Kier alpha value is -1.02. The van der Waals surface area contributed by atoms with Gasteiger partial charge in [0.2, 0.25) is 0 Å². The Balaban J connectivity index is 5.23. The predicted molar refractivity (Wildman–Crippen MR) is 73.0 cm³/mol. The standard InChI is InChI=1S/C14H21ClO2/c1-6-8-13(15)11(4)12(5)14(17-7-2)9-10(3)16/h6H,1,7-9H2,2-5H3/b13-11+,14-12+. The highest BCUT2D eigenvalue weighted by Crippen LogP contribution is 2.24. The number of carbonyl (C=O) groups is 1. The number of rotatable bonds is 7. The van der Waals surface area contributed by atoms with Crippen molar-refractivity contribution in [1.29, 1.82) is 0 Å². The van der Waals surface area contributed by atoms with Crippen molar-refractivity contribution in [3.63, 3.8) is 0 Å². The molecule has 0 unspecified atom stereocenters. The fraction of sp³-hybridized carbons (Fsp3) is 0.500. The molecule has 0 spiro atoms. The molecule has 0 atom stereocenters. The molecule has 0 amide bonds. The maximum atomic E-state index is 11.2. The number of allylic oxidation sites excluding steroid dienone is 5. The number of hydrogen-bond donors (Lipinski definition) is 0. The largest absolute Gasteiger partial charge is 0.497 e. The molecule has 0 saturated carbocycles. The molecule has 0 aliphatic carbocycles. The van der Waals surface area contributed by atoms with Gasteiger partial charge >= 0.3 is 0 Å². The van der Waals surface area contributed by atoms with E-state index in [4.69, 9.17) is 16.3 Å². The zero-order chi connectivity index (χ0) is 13.4. The summed E-state index contributed by atoms with van der Waals surface area (Å²) in [6.07, 6.45) is 2.70. The van der Waals surface area contributed by atoms with Crippen LogP contribution in [0, 0.1) is 0 Å². The highest BCUT2D eigenvalue weighted by molar-refractivity contribution is 6.30. The predicted octanol–water partition coefficient (Wildman–Crippen LogP) is 4.36. The maximum Gasteiger partial charge on any atom is 0.137 e. The Bertz CT molecular complexity index is 351. The van der Waals surface area contributed by atoms with Crippen LogP contribution in [0.25, 0.3) is 0 Å². The van der Waals surface area contributed by atoms with Crippen molar-refractivity contribution < 1.29 is 9.53 Å². The van der Waals surface area contributed by atoms with Gasteiger partial charge in [-0.2, -0.15) is 0 Å². The van der Waals surface area contributed by atoms with Gasteiger partial charge in [0.05, 0.1) is 13.0 Å². The van der Waals surface area contributed by atoms with Crippen molar-refractivity contribution in [3.05, 3.63) is 34.6 Å². The van der Waals surface area contributed by atoms with Gasteiger partial charge < -0.3 is 4.74 Å². The van der Waals surface area contributed by atoms with Crippen molar-refractivity contribution in [2.24, 2.45) is 0 Å². The fourth-order valence-corrected chi connectivity index (χ4v) is 1.64. The third kappa shape index (κ3) is 5.73. The number of Topliss-reactive ketones (excluding diaryl/α,β-unsaturated/α-hetero) is 1. The second-order valence-corrected chi connectivity index (χ2v) is 4.34. The summed E-state index contributed by atoms with van der Waals surface area (Å²) in [6, 6.07) is 0. The second kappa shape index (κ2) is 8.13. The highest BCUT2D eigenvalue weighted by Gasteiger charge is 2.10. The molecule has 0 aliphatic heterocycles. The molecule has 0 radical (unpaired) electrons. The van der Waals surface area contributed by atoms with Crippen LogP contribution in [0.2, 0.25) is 0 Å². The molecule has 0 bridgehead atoms. The number of ether oxygens (including phenoxy) is 1. The number of carbonyl (C=O) groups excluding carboxylic acids is 1. The van der Waals surface area contributed by atoms with Gasteiger partial charge in [-0.15, -0.1) is 6.58 Å². The lowest BCUT2D eigenvalue weighted by Crippen LogP contribution is -2.02. The van der Waals surface area contributed by atoms with E-state index >= 15 is 0 Å². The van der Waals surface area contributed by atoms with Crippen molar-refractivity contribution in [2.75, 3.05) is 6.61 Å². The van der Waals surface area contributed by atoms with E-state index < -0.39 is 0 Å². The van der Waals surface area contributed by atoms with Gasteiger partial charge in [-0.05, 0) is 38.8 Å². The number of hydrogen-bond acceptors (Lipinski definition) is 2. The van der Waals surface area contributed by atoms with E-state index in [1.807, 2.05) is 20.8 Å². The molecule has 0 aromatic rings. The van der Waals surface area contributed by atoms with Crippen LogP contribution in [0.15, 0.2) is 34.6 Å². The van der Waals surface area contributed by atoms with Gasteiger partial charge in [0, 0.05) is 11.5 Å². The third-order valence-corrected chi connectivity index (χ3v) is 2.88. The summed E-state index contributed by atoms with van der Waals surface area (Å²) in [6.45, 7) is 11.5. The van der Waals surface area contributed by atoms with Gasteiger partial charge in [0.1, 0.15) is 11.5 Å². The van der Waals surface area contributed by atoms with Crippen molar-refractivity contribution in [2.45, 2.75) is 40.5 Å². The van der Waals surface area contributed by atoms with Crippen LogP contribution < -0.4 is 0 Å². The summed E-state index contributed by atoms with van der Waals surface area (Å²) < 4.78 is 5.50. The summed E-state index contributed by atoms with van der Waals surface area (Å²) in [4.78, 5) is 11.2. The molecule has 0 aromatic carbocycles. The van der Waals surface area contributed by atoms with Crippen LogP contribution in [0.4, 0.5) is 0 Å². The smallest absolute Gasteiger partial charge is 0.137 e. The van der Waals surface area contributed by atoms with E-state index in [1.54, 1.807) is 13.0 Å². The van der Waals surface area contributed by atoms with Gasteiger partial charge in [-0.1, -0.05) is 17.7 Å². The molecule has 0 fully saturated rings. The van der Waals surface area contributed by atoms with E-state index in [9.17, 15) is 4.79 Å². The van der Waals surface area contributed by atoms with E-state index in [0.717, 1.165) is 16.2 Å². The van der Waals surface area contributed by atoms with E-state index in [-0.39, 0.29) is 5.78 Å². The molecule has 3 heteroatoms. The quantitative estimate of drug-likeness (QED) is 0.384. The topological polar surface area (TPSA) is 26.3 Å². The van der Waals surface area contributed by atoms with E-state index in [2.05, 4.69) is 6.58 Å². The van der Waals surface area contributed by atoms with Crippen LogP contribution in [-0.2, 0) is 9.53 Å². The lowest BCUT2D eigenvalue weighted by molar-refractivity contribution is -0.117. The zero-order valence-corrected chi connectivity index (χ0v) is 11.9. The molecule has 0 N–H and O–H groups in total. The zero-order valence-electron chi connectivity index (χ0n) is 11.1. The minimum Gasteiger partial charge on any atom is -0.497 e. The average molecular weight is 257 g/mol. The van der Waals surface area contributed by atoms with Crippen LogP contribution in [-0.4, -0.2) is 12.4 Å². The Morgan fingerprint density at radius 2 is 1.88 bits per heavy atom. The SMILES string of the molecule is C=CC/C(Cl)=C(C)\C(C)=C(/CC(C)=O)OCC. The first-order valence-corrected chi connectivity index (χ1v) is 6.10. The molecule has 96 valence electrons.